The molecule has 0 atom stereocenters. The fourth-order valence-electron chi connectivity index (χ4n) is 2.79. The van der Waals surface area contributed by atoms with Crippen molar-refractivity contribution in [1.82, 2.24) is 5.32 Å². The molecule has 1 aliphatic heterocycles. The molecule has 1 saturated carbocycles. The summed E-state index contributed by atoms with van der Waals surface area (Å²) in [6.07, 6.45) is 6.89. The van der Waals surface area contributed by atoms with Crippen molar-refractivity contribution >= 4 is 9.84 Å². The molecule has 2 fully saturated rings. The van der Waals surface area contributed by atoms with E-state index in [1.807, 2.05) is 0 Å². The van der Waals surface area contributed by atoms with Gasteiger partial charge in [0.05, 0.1) is 10.5 Å². The van der Waals surface area contributed by atoms with E-state index in [9.17, 15) is 8.42 Å². The van der Waals surface area contributed by atoms with Crippen LogP contribution in [0.3, 0.4) is 0 Å². The number of hydrogen-bond acceptors (Lipinski definition) is 3. The van der Waals surface area contributed by atoms with E-state index in [2.05, 4.69) is 5.32 Å². The van der Waals surface area contributed by atoms with Crippen LogP contribution in [-0.4, -0.2) is 32.0 Å². The van der Waals surface area contributed by atoms with Gasteiger partial charge in [0, 0.05) is 0 Å². The van der Waals surface area contributed by atoms with Gasteiger partial charge in [0.15, 0.2) is 9.84 Å². The van der Waals surface area contributed by atoms with E-state index < -0.39 is 9.84 Å². The van der Waals surface area contributed by atoms with Crippen LogP contribution in [0.4, 0.5) is 0 Å². The Morgan fingerprint density at radius 2 is 1.33 bits per heavy atom. The van der Waals surface area contributed by atoms with E-state index >= 15 is 0 Å². The highest BCUT2D eigenvalue weighted by atomic mass is 32.2. The first-order valence-electron chi connectivity index (χ1n) is 6.14. The van der Waals surface area contributed by atoms with Crippen LogP contribution in [0.1, 0.15) is 44.9 Å². The Balaban J connectivity index is 2.03. The highest BCUT2D eigenvalue weighted by Crippen LogP contribution is 2.28. The maximum Gasteiger partial charge on any atom is 0.156 e. The van der Waals surface area contributed by atoms with Crippen molar-refractivity contribution in [3.63, 3.8) is 0 Å². The van der Waals surface area contributed by atoms with Gasteiger partial charge in [-0.1, -0.05) is 19.3 Å². The normalized spacial score (nSPS) is 26.7. The minimum atomic E-state index is -2.83. The Bertz CT molecular complexity index is 264. The summed E-state index contributed by atoms with van der Waals surface area (Å²) in [6, 6.07) is 0. The topological polar surface area (TPSA) is 46.2 Å². The lowest BCUT2D eigenvalue weighted by Gasteiger charge is -2.29. The third-order valence-electron chi connectivity index (χ3n) is 3.77. The molecule has 0 unspecified atom stereocenters. The van der Waals surface area contributed by atoms with Gasteiger partial charge in [0.25, 0.3) is 0 Å². The summed E-state index contributed by atoms with van der Waals surface area (Å²) in [6.45, 7) is 1.74. The summed E-state index contributed by atoms with van der Waals surface area (Å²) in [4.78, 5) is 0. The lowest BCUT2D eigenvalue weighted by atomic mass is 10.0. The summed E-state index contributed by atoms with van der Waals surface area (Å²) in [5.74, 6) is 0. The lowest BCUT2D eigenvalue weighted by Crippen LogP contribution is -2.40. The van der Waals surface area contributed by atoms with E-state index in [-0.39, 0.29) is 10.5 Å². The number of rotatable bonds is 2. The van der Waals surface area contributed by atoms with Crippen molar-refractivity contribution in [3.05, 3.63) is 0 Å². The van der Waals surface area contributed by atoms with Crippen LogP contribution in [0.2, 0.25) is 0 Å². The van der Waals surface area contributed by atoms with Crippen LogP contribution in [0.25, 0.3) is 0 Å². The molecule has 2 aliphatic rings. The van der Waals surface area contributed by atoms with Crippen LogP contribution in [-0.2, 0) is 9.84 Å². The Morgan fingerprint density at radius 3 is 1.93 bits per heavy atom. The van der Waals surface area contributed by atoms with Crippen LogP contribution < -0.4 is 5.32 Å². The minimum absolute atomic E-state index is 0.0191. The first-order chi connectivity index (χ1) is 7.21. The Labute approximate surface area is 92.6 Å². The monoisotopic (exact) mass is 231 g/mol. The molecule has 1 N–H and O–H groups in total. The van der Waals surface area contributed by atoms with Gasteiger partial charge in [-0.25, -0.2) is 8.42 Å². The van der Waals surface area contributed by atoms with Crippen molar-refractivity contribution in [2.24, 2.45) is 0 Å². The van der Waals surface area contributed by atoms with Crippen molar-refractivity contribution in [2.75, 3.05) is 13.1 Å². The van der Waals surface area contributed by atoms with Gasteiger partial charge in [-0.15, -0.1) is 0 Å². The number of piperidine rings is 1. The fourth-order valence-corrected chi connectivity index (χ4v) is 5.22. The van der Waals surface area contributed by atoms with Gasteiger partial charge in [-0.2, -0.15) is 0 Å². The second-order valence-electron chi connectivity index (χ2n) is 4.80. The average Bonchev–Trinajstić information content (AvgIpc) is 2.31. The molecule has 0 bridgehead atoms. The molecular weight excluding hydrogens is 210 g/mol. The maximum absolute atomic E-state index is 12.3. The number of hydrogen-bond donors (Lipinski definition) is 1. The van der Waals surface area contributed by atoms with Gasteiger partial charge in [-0.05, 0) is 38.8 Å². The molecule has 2 rings (SSSR count). The Hall–Kier alpha value is -0.0900. The summed E-state index contributed by atoms with van der Waals surface area (Å²) in [5, 5.41) is 3.15. The number of nitrogens with one attached hydrogen (secondary N) is 1. The third kappa shape index (κ3) is 2.53. The second kappa shape index (κ2) is 4.83. The maximum atomic E-state index is 12.3. The predicted molar refractivity (Wildman–Crippen MR) is 61.7 cm³/mol. The lowest BCUT2D eigenvalue weighted by molar-refractivity contribution is 0.455. The average molecular weight is 231 g/mol. The zero-order valence-electron chi connectivity index (χ0n) is 9.24. The van der Waals surface area contributed by atoms with Crippen molar-refractivity contribution < 1.29 is 8.42 Å². The van der Waals surface area contributed by atoms with Gasteiger partial charge >= 0.3 is 0 Å². The Morgan fingerprint density at radius 1 is 0.800 bits per heavy atom. The van der Waals surface area contributed by atoms with Crippen molar-refractivity contribution in [2.45, 2.75) is 55.4 Å². The molecule has 0 aromatic heterocycles. The molecule has 0 aromatic rings. The van der Waals surface area contributed by atoms with E-state index in [1.165, 1.54) is 6.42 Å². The Kier molecular flexibility index (Phi) is 3.67. The standard InChI is InChI=1S/C11H21NO2S/c13-15(14,10-4-2-1-3-5-10)11-6-8-12-9-7-11/h10-12H,1-9H2. The van der Waals surface area contributed by atoms with Crippen LogP contribution in [0.5, 0.6) is 0 Å². The minimum Gasteiger partial charge on any atom is -0.317 e. The van der Waals surface area contributed by atoms with Crippen molar-refractivity contribution in [1.29, 1.82) is 0 Å². The SMILES string of the molecule is O=S(=O)(C1CCCCC1)C1CCNCC1. The summed E-state index contributed by atoms with van der Waals surface area (Å²) < 4.78 is 24.6. The fraction of sp³-hybridized carbons (Fsp3) is 1.00. The van der Waals surface area contributed by atoms with E-state index in [4.69, 9.17) is 0 Å². The largest absolute Gasteiger partial charge is 0.317 e. The predicted octanol–water partition coefficient (Wildman–Crippen LogP) is 1.49. The van der Waals surface area contributed by atoms with Crippen LogP contribution in [0, 0.1) is 0 Å². The quantitative estimate of drug-likeness (QED) is 0.783. The molecule has 1 heterocycles. The summed E-state index contributed by atoms with van der Waals surface area (Å²) >= 11 is 0. The first kappa shape index (κ1) is 11.4. The first-order valence-corrected chi connectivity index (χ1v) is 7.75. The molecule has 0 aromatic carbocycles. The highest BCUT2D eigenvalue weighted by molar-refractivity contribution is 7.92. The van der Waals surface area contributed by atoms with Gasteiger partial charge in [0.2, 0.25) is 0 Å². The van der Waals surface area contributed by atoms with E-state index in [0.717, 1.165) is 51.6 Å². The third-order valence-corrected chi connectivity index (χ3v) is 6.57. The molecule has 0 radical (unpaired) electrons. The van der Waals surface area contributed by atoms with Crippen LogP contribution in [0.15, 0.2) is 0 Å². The van der Waals surface area contributed by atoms with Crippen molar-refractivity contribution in [3.8, 4) is 0 Å². The van der Waals surface area contributed by atoms with Crippen LogP contribution >= 0.6 is 0 Å². The molecular formula is C11H21NO2S. The van der Waals surface area contributed by atoms with Gasteiger partial charge in [-0.3, -0.25) is 0 Å². The zero-order valence-corrected chi connectivity index (χ0v) is 10.1. The molecule has 0 spiro atoms. The molecule has 88 valence electrons. The molecule has 4 heteroatoms. The molecule has 1 aliphatic carbocycles. The zero-order chi connectivity index (χ0) is 10.7. The smallest absolute Gasteiger partial charge is 0.156 e. The van der Waals surface area contributed by atoms with Gasteiger partial charge < -0.3 is 5.32 Å². The van der Waals surface area contributed by atoms with E-state index in [0.29, 0.717) is 0 Å². The molecule has 15 heavy (non-hydrogen) atoms. The van der Waals surface area contributed by atoms with E-state index in [1.54, 1.807) is 0 Å². The molecule has 1 saturated heterocycles. The summed E-state index contributed by atoms with van der Waals surface area (Å²) in [5.41, 5.74) is 0. The molecule has 0 amide bonds. The highest BCUT2D eigenvalue weighted by Gasteiger charge is 2.35. The second-order valence-corrected chi connectivity index (χ2v) is 7.31. The summed E-state index contributed by atoms with van der Waals surface area (Å²) in [7, 11) is -2.83. The van der Waals surface area contributed by atoms with Gasteiger partial charge in [0.1, 0.15) is 0 Å². The number of sulfone groups is 1. The molecule has 3 nitrogen and oxygen atoms in total.